The fraction of sp³-hybridized carbons (Fsp3) is 0.273. The van der Waals surface area contributed by atoms with E-state index in [2.05, 4.69) is 38.5 Å². The maximum atomic E-state index is 11.6. The van der Waals surface area contributed by atoms with Crippen molar-refractivity contribution in [3.63, 3.8) is 0 Å². The Morgan fingerprint density at radius 2 is 2.06 bits per heavy atom. The van der Waals surface area contributed by atoms with Crippen molar-refractivity contribution in [3.05, 3.63) is 70.0 Å². The highest BCUT2D eigenvalue weighted by molar-refractivity contribution is 8.00. The third-order valence-electron chi connectivity index (χ3n) is 5.36. The summed E-state index contributed by atoms with van der Waals surface area (Å²) in [6, 6.07) is 12.3. The number of pyridine rings is 1. The average Bonchev–Trinajstić information content (AvgIpc) is 3.35. The lowest BCUT2D eigenvalue weighted by molar-refractivity contribution is -0.114. The van der Waals surface area contributed by atoms with Crippen LogP contribution in [0, 0.1) is 6.92 Å². The van der Waals surface area contributed by atoms with Gasteiger partial charge in [-0.25, -0.2) is 4.98 Å². The molecule has 9 heteroatoms. The van der Waals surface area contributed by atoms with E-state index < -0.39 is 0 Å². The van der Waals surface area contributed by atoms with Crippen LogP contribution >= 0.6 is 23.1 Å². The van der Waals surface area contributed by atoms with Gasteiger partial charge in [0, 0.05) is 36.7 Å². The predicted molar refractivity (Wildman–Crippen MR) is 127 cm³/mol. The second-order valence-corrected chi connectivity index (χ2v) is 9.74. The van der Waals surface area contributed by atoms with Gasteiger partial charge >= 0.3 is 0 Å². The standard InChI is InChI=1S/C22H22N6OS2/c1-12-3-6-15(10-24-12)18-21-19(28(27-18)16-7-4-14(9-23)5-8-16)20-17(11-30-21)26-22(31-20)25-13(2)29/h3-8,10,19,21H,9,11,23H2,1-2H3,(H,25,26,29). The Morgan fingerprint density at radius 1 is 1.26 bits per heavy atom. The molecule has 4 heterocycles. The number of hydrazone groups is 1. The van der Waals surface area contributed by atoms with Crippen LogP contribution < -0.4 is 16.1 Å². The number of thioether (sulfide) groups is 1. The number of fused-ring (bicyclic) bond motifs is 3. The zero-order valence-corrected chi connectivity index (χ0v) is 18.8. The molecule has 7 nitrogen and oxygen atoms in total. The topological polar surface area (TPSA) is 96.5 Å². The third-order valence-corrected chi connectivity index (χ3v) is 7.72. The van der Waals surface area contributed by atoms with Crippen LogP contribution in [0.1, 0.15) is 40.4 Å². The quantitative estimate of drug-likeness (QED) is 0.627. The maximum absolute atomic E-state index is 11.6. The number of rotatable bonds is 4. The van der Waals surface area contributed by atoms with Gasteiger partial charge in [-0.2, -0.15) is 5.10 Å². The molecule has 1 aromatic carbocycles. The van der Waals surface area contributed by atoms with Crippen molar-refractivity contribution in [2.24, 2.45) is 10.8 Å². The number of hydrogen-bond acceptors (Lipinski definition) is 8. The molecule has 0 aliphatic carbocycles. The molecule has 2 aromatic heterocycles. The number of carbonyl (C=O) groups excluding carboxylic acids is 1. The van der Waals surface area contributed by atoms with E-state index in [1.165, 1.54) is 18.3 Å². The lowest BCUT2D eigenvalue weighted by Crippen LogP contribution is -2.30. The van der Waals surface area contributed by atoms with E-state index >= 15 is 0 Å². The Labute approximate surface area is 188 Å². The summed E-state index contributed by atoms with van der Waals surface area (Å²) in [5.74, 6) is 0.670. The highest BCUT2D eigenvalue weighted by atomic mass is 32.2. The highest BCUT2D eigenvalue weighted by Crippen LogP contribution is 2.50. The molecule has 31 heavy (non-hydrogen) atoms. The number of nitrogens with two attached hydrogens (primary N) is 1. The van der Waals surface area contributed by atoms with Gasteiger partial charge < -0.3 is 11.1 Å². The predicted octanol–water partition coefficient (Wildman–Crippen LogP) is 3.84. The van der Waals surface area contributed by atoms with Crippen LogP contribution in [0.15, 0.2) is 47.7 Å². The van der Waals surface area contributed by atoms with Crippen molar-refractivity contribution < 1.29 is 4.79 Å². The normalized spacial score (nSPS) is 19.6. The molecule has 5 rings (SSSR count). The minimum atomic E-state index is -0.112. The monoisotopic (exact) mass is 450 g/mol. The number of benzene rings is 1. The summed E-state index contributed by atoms with van der Waals surface area (Å²) in [5, 5.41) is 10.8. The number of nitrogens with zero attached hydrogens (tertiary/aromatic N) is 4. The molecule has 2 aliphatic heterocycles. The molecule has 0 saturated heterocycles. The molecule has 2 aliphatic rings. The molecule has 3 N–H and O–H groups in total. The smallest absolute Gasteiger partial charge is 0.223 e. The summed E-state index contributed by atoms with van der Waals surface area (Å²) >= 11 is 3.37. The first kappa shape index (κ1) is 20.2. The van der Waals surface area contributed by atoms with Gasteiger partial charge in [0.05, 0.1) is 27.2 Å². The van der Waals surface area contributed by atoms with Crippen LogP contribution in [0.3, 0.4) is 0 Å². The molecule has 158 valence electrons. The second kappa shape index (κ2) is 8.07. The Hall–Kier alpha value is -2.75. The zero-order chi connectivity index (χ0) is 21.5. The number of carbonyl (C=O) groups is 1. The van der Waals surface area contributed by atoms with Crippen LogP contribution in [-0.2, 0) is 17.1 Å². The summed E-state index contributed by atoms with van der Waals surface area (Å²) in [7, 11) is 0. The van der Waals surface area contributed by atoms with Crippen molar-refractivity contribution in [1.82, 2.24) is 9.97 Å². The fourth-order valence-corrected chi connectivity index (χ4v) is 6.51. The molecule has 2 atom stereocenters. The molecular weight excluding hydrogens is 428 g/mol. The molecule has 0 spiro atoms. The number of amides is 1. The van der Waals surface area contributed by atoms with Gasteiger partial charge in [0.25, 0.3) is 0 Å². The number of aromatic nitrogens is 2. The van der Waals surface area contributed by atoms with Crippen molar-refractivity contribution in [2.75, 3.05) is 10.3 Å². The number of anilines is 2. The van der Waals surface area contributed by atoms with Gasteiger partial charge in [-0.05, 0) is 36.8 Å². The molecule has 0 saturated carbocycles. The highest BCUT2D eigenvalue weighted by Gasteiger charge is 2.45. The Bertz CT molecular complexity index is 1160. The summed E-state index contributed by atoms with van der Waals surface area (Å²) in [5.41, 5.74) is 11.9. The van der Waals surface area contributed by atoms with Gasteiger partial charge in [0.1, 0.15) is 6.04 Å². The lowest BCUT2D eigenvalue weighted by atomic mass is 10.0. The molecule has 0 fully saturated rings. The second-order valence-electron chi connectivity index (χ2n) is 7.58. The SMILES string of the molecule is CC(=O)Nc1nc2c(s1)C1C(SC2)C(c2ccc(C)nc2)=NN1c1ccc(CN)cc1. The molecule has 0 bridgehead atoms. The number of nitrogens with one attached hydrogen (secondary N) is 1. The molecule has 1 amide bonds. The van der Waals surface area contributed by atoms with Crippen molar-refractivity contribution >= 4 is 45.5 Å². The molecule has 3 aromatic rings. The molecular formula is C22H22N6OS2. The molecule has 0 radical (unpaired) electrons. The zero-order valence-electron chi connectivity index (χ0n) is 17.2. The van der Waals surface area contributed by atoms with E-state index in [9.17, 15) is 4.79 Å². The first-order valence-electron chi connectivity index (χ1n) is 10.0. The van der Waals surface area contributed by atoms with Crippen molar-refractivity contribution in [3.8, 4) is 0 Å². The Balaban J connectivity index is 1.59. The van der Waals surface area contributed by atoms with Crippen LogP contribution in [-0.4, -0.2) is 26.8 Å². The average molecular weight is 451 g/mol. The Kier molecular flexibility index (Phi) is 5.25. The summed E-state index contributed by atoms with van der Waals surface area (Å²) in [6.45, 7) is 3.99. The van der Waals surface area contributed by atoms with Crippen molar-refractivity contribution in [2.45, 2.75) is 37.4 Å². The summed E-state index contributed by atoms with van der Waals surface area (Å²) in [6.07, 6.45) is 1.90. The van der Waals surface area contributed by atoms with E-state index in [-0.39, 0.29) is 17.2 Å². The first-order chi connectivity index (χ1) is 15.0. The summed E-state index contributed by atoms with van der Waals surface area (Å²) < 4.78 is 0. The van der Waals surface area contributed by atoms with E-state index in [1.54, 1.807) is 0 Å². The fourth-order valence-electron chi connectivity index (χ4n) is 3.85. The first-order valence-corrected chi connectivity index (χ1v) is 11.9. The van der Waals surface area contributed by atoms with E-state index in [0.717, 1.165) is 44.5 Å². The summed E-state index contributed by atoms with van der Waals surface area (Å²) in [4.78, 5) is 21.9. The number of hydrogen-bond donors (Lipinski definition) is 2. The van der Waals surface area contributed by atoms with Crippen LogP contribution in [0.4, 0.5) is 10.8 Å². The van der Waals surface area contributed by atoms with Gasteiger partial charge in [0.15, 0.2) is 5.13 Å². The number of aryl methyl sites for hydroxylation is 1. The van der Waals surface area contributed by atoms with Gasteiger partial charge in [0.2, 0.25) is 5.91 Å². The van der Waals surface area contributed by atoms with E-state index in [0.29, 0.717) is 11.7 Å². The van der Waals surface area contributed by atoms with Crippen molar-refractivity contribution in [1.29, 1.82) is 0 Å². The lowest BCUT2D eigenvalue weighted by Gasteiger charge is -2.30. The van der Waals surface area contributed by atoms with Crippen LogP contribution in [0.25, 0.3) is 0 Å². The minimum absolute atomic E-state index is 0.00814. The van der Waals surface area contributed by atoms with Crippen LogP contribution in [0.5, 0.6) is 0 Å². The largest absolute Gasteiger partial charge is 0.326 e. The van der Waals surface area contributed by atoms with Gasteiger partial charge in [-0.1, -0.05) is 23.5 Å². The number of thiazole rings is 1. The van der Waals surface area contributed by atoms with Gasteiger partial charge in [-0.15, -0.1) is 11.8 Å². The van der Waals surface area contributed by atoms with E-state index in [1.807, 2.05) is 43.1 Å². The molecule has 2 unspecified atom stereocenters. The Morgan fingerprint density at radius 3 is 2.74 bits per heavy atom. The minimum Gasteiger partial charge on any atom is -0.326 e. The van der Waals surface area contributed by atoms with E-state index in [4.69, 9.17) is 10.8 Å². The maximum Gasteiger partial charge on any atom is 0.223 e. The van der Waals surface area contributed by atoms with Crippen LogP contribution in [0.2, 0.25) is 0 Å². The van der Waals surface area contributed by atoms with Gasteiger partial charge in [-0.3, -0.25) is 14.8 Å². The third kappa shape index (κ3) is 3.73.